The lowest BCUT2D eigenvalue weighted by atomic mass is 10.2. The van der Waals surface area contributed by atoms with Gasteiger partial charge in [0.05, 0.1) is 0 Å². The van der Waals surface area contributed by atoms with E-state index in [9.17, 15) is 12.8 Å². The number of nitrogens with one attached hydrogen (secondary N) is 1. The number of halogens is 1. The zero-order valence-corrected chi connectivity index (χ0v) is 13.3. The average Bonchev–Trinajstić information content (AvgIpc) is 2.44. The van der Waals surface area contributed by atoms with Gasteiger partial charge in [0.2, 0.25) is 10.0 Å². The summed E-state index contributed by atoms with van der Waals surface area (Å²) in [5.74, 6) is -0.708. The van der Waals surface area contributed by atoms with Crippen LogP contribution in [-0.4, -0.2) is 32.4 Å². The van der Waals surface area contributed by atoms with Crippen LogP contribution in [0.3, 0.4) is 0 Å². The van der Waals surface area contributed by atoms with Crippen LogP contribution in [0.5, 0.6) is 0 Å². The maximum atomic E-state index is 13.9. The summed E-state index contributed by atoms with van der Waals surface area (Å²) in [7, 11) is -2.31. The molecular weight excluding hydrogens is 279 g/mol. The minimum atomic E-state index is -3.80. The SMILES string of the molecule is CCNCc1ccc(F)c(S(=O)(=O)N(C)C(C)CC)c1. The second-order valence-electron chi connectivity index (χ2n) is 4.82. The van der Waals surface area contributed by atoms with Crippen molar-refractivity contribution in [1.82, 2.24) is 9.62 Å². The Bertz CT molecular complexity index is 546. The van der Waals surface area contributed by atoms with E-state index >= 15 is 0 Å². The molecule has 0 aromatic heterocycles. The Balaban J connectivity index is 3.16. The van der Waals surface area contributed by atoms with Crippen LogP contribution in [0.4, 0.5) is 4.39 Å². The summed E-state index contributed by atoms with van der Waals surface area (Å²) in [5.41, 5.74) is 0.754. The van der Waals surface area contributed by atoms with Crippen molar-refractivity contribution in [3.63, 3.8) is 0 Å². The summed E-state index contributed by atoms with van der Waals surface area (Å²) >= 11 is 0. The highest BCUT2D eigenvalue weighted by molar-refractivity contribution is 7.89. The fourth-order valence-electron chi connectivity index (χ4n) is 1.77. The molecule has 0 saturated carbocycles. The van der Waals surface area contributed by atoms with Crippen LogP contribution in [0, 0.1) is 5.82 Å². The van der Waals surface area contributed by atoms with Crippen LogP contribution >= 0.6 is 0 Å². The average molecular weight is 302 g/mol. The van der Waals surface area contributed by atoms with Crippen LogP contribution < -0.4 is 5.32 Å². The largest absolute Gasteiger partial charge is 0.313 e. The van der Waals surface area contributed by atoms with Gasteiger partial charge >= 0.3 is 0 Å². The van der Waals surface area contributed by atoms with E-state index in [-0.39, 0.29) is 10.9 Å². The third-order valence-corrected chi connectivity index (χ3v) is 5.43. The lowest BCUT2D eigenvalue weighted by molar-refractivity contribution is 0.378. The summed E-state index contributed by atoms with van der Waals surface area (Å²) in [5, 5.41) is 3.09. The number of nitrogens with zero attached hydrogens (tertiary/aromatic N) is 1. The van der Waals surface area contributed by atoms with E-state index < -0.39 is 15.8 Å². The maximum Gasteiger partial charge on any atom is 0.245 e. The quantitative estimate of drug-likeness (QED) is 0.841. The number of sulfonamides is 1. The number of benzene rings is 1. The second kappa shape index (κ2) is 7.15. The minimum Gasteiger partial charge on any atom is -0.313 e. The fraction of sp³-hybridized carbons (Fsp3) is 0.571. The highest BCUT2D eigenvalue weighted by atomic mass is 32.2. The third kappa shape index (κ3) is 3.77. The van der Waals surface area contributed by atoms with Gasteiger partial charge in [-0.05, 0) is 37.6 Å². The minimum absolute atomic E-state index is 0.170. The van der Waals surface area contributed by atoms with Crippen molar-refractivity contribution >= 4 is 10.0 Å². The molecule has 20 heavy (non-hydrogen) atoms. The van der Waals surface area contributed by atoms with Crippen molar-refractivity contribution in [1.29, 1.82) is 0 Å². The summed E-state index contributed by atoms with van der Waals surface area (Å²) in [6.07, 6.45) is 0.675. The predicted octanol–water partition coefficient (Wildman–Crippen LogP) is 2.35. The molecule has 0 amide bonds. The molecule has 0 saturated heterocycles. The van der Waals surface area contributed by atoms with Gasteiger partial charge < -0.3 is 5.32 Å². The molecular formula is C14H23FN2O2S. The van der Waals surface area contributed by atoms with Gasteiger partial charge in [0.25, 0.3) is 0 Å². The highest BCUT2D eigenvalue weighted by Gasteiger charge is 2.27. The van der Waals surface area contributed by atoms with Gasteiger partial charge in [-0.2, -0.15) is 4.31 Å². The van der Waals surface area contributed by atoms with Crippen molar-refractivity contribution in [3.8, 4) is 0 Å². The molecule has 0 aliphatic carbocycles. The van der Waals surface area contributed by atoms with Crippen LogP contribution in [-0.2, 0) is 16.6 Å². The van der Waals surface area contributed by atoms with Crippen molar-refractivity contribution in [2.75, 3.05) is 13.6 Å². The first-order valence-electron chi connectivity index (χ1n) is 6.81. The molecule has 6 heteroatoms. The van der Waals surface area contributed by atoms with Crippen molar-refractivity contribution in [2.24, 2.45) is 0 Å². The van der Waals surface area contributed by atoms with Crippen LogP contribution in [0.1, 0.15) is 32.8 Å². The molecule has 0 aliphatic heterocycles. The van der Waals surface area contributed by atoms with Gasteiger partial charge in [-0.15, -0.1) is 0 Å². The standard InChI is InChI=1S/C14H23FN2O2S/c1-5-11(3)17(4)20(18,19)14-9-12(10-16-6-2)7-8-13(14)15/h7-9,11,16H,5-6,10H2,1-4H3. The van der Waals surface area contributed by atoms with Gasteiger partial charge in [-0.25, -0.2) is 12.8 Å². The third-order valence-electron chi connectivity index (χ3n) is 3.44. The lowest BCUT2D eigenvalue weighted by Crippen LogP contribution is -2.35. The van der Waals surface area contributed by atoms with Gasteiger partial charge in [-0.1, -0.05) is 19.9 Å². The summed E-state index contributed by atoms with van der Waals surface area (Å²) < 4.78 is 40.0. The van der Waals surface area contributed by atoms with Crippen LogP contribution in [0.2, 0.25) is 0 Å². The normalized spacial score (nSPS) is 13.7. The molecule has 0 bridgehead atoms. The molecule has 4 nitrogen and oxygen atoms in total. The monoisotopic (exact) mass is 302 g/mol. The van der Waals surface area contributed by atoms with E-state index in [0.29, 0.717) is 13.0 Å². The molecule has 0 fully saturated rings. The van der Waals surface area contributed by atoms with E-state index in [1.165, 1.54) is 23.5 Å². The Hall–Kier alpha value is -0.980. The first-order chi connectivity index (χ1) is 9.34. The molecule has 0 radical (unpaired) electrons. The Morgan fingerprint density at radius 2 is 2.00 bits per heavy atom. The Morgan fingerprint density at radius 3 is 2.55 bits per heavy atom. The highest BCUT2D eigenvalue weighted by Crippen LogP contribution is 2.22. The summed E-state index contributed by atoms with van der Waals surface area (Å²) in [6, 6.07) is 4.05. The molecule has 1 rings (SSSR count). The van der Waals surface area contributed by atoms with E-state index in [2.05, 4.69) is 5.32 Å². The molecule has 1 atom stereocenters. The number of hydrogen-bond donors (Lipinski definition) is 1. The number of rotatable bonds is 7. The maximum absolute atomic E-state index is 13.9. The van der Waals surface area contributed by atoms with Gasteiger partial charge in [0.15, 0.2) is 0 Å². The number of hydrogen-bond acceptors (Lipinski definition) is 3. The van der Waals surface area contributed by atoms with Crippen molar-refractivity contribution in [3.05, 3.63) is 29.6 Å². The van der Waals surface area contributed by atoms with Gasteiger partial charge in [0, 0.05) is 19.6 Å². The Kier molecular flexibility index (Phi) is 6.10. The molecule has 1 N–H and O–H groups in total. The van der Waals surface area contributed by atoms with E-state index in [4.69, 9.17) is 0 Å². The molecule has 0 heterocycles. The predicted molar refractivity (Wildman–Crippen MR) is 78.5 cm³/mol. The molecule has 0 aliphatic rings. The molecule has 1 unspecified atom stereocenters. The topological polar surface area (TPSA) is 49.4 Å². The lowest BCUT2D eigenvalue weighted by Gasteiger charge is -2.23. The van der Waals surface area contributed by atoms with E-state index in [0.717, 1.165) is 12.1 Å². The summed E-state index contributed by atoms with van der Waals surface area (Å²) in [4.78, 5) is -0.254. The van der Waals surface area contributed by atoms with Gasteiger partial charge in [0.1, 0.15) is 10.7 Å². The van der Waals surface area contributed by atoms with Gasteiger partial charge in [-0.3, -0.25) is 0 Å². The first-order valence-corrected chi connectivity index (χ1v) is 8.25. The Morgan fingerprint density at radius 1 is 1.35 bits per heavy atom. The van der Waals surface area contributed by atoms with Crippen LogP contribution in [0.15, 0.2) is 23.1 Å². The second-order valence-corrected chi connectivity index (χ2v) is 6.79. The first kappa shape index (κ1) is 17.1. The van der Waals surface area contributed by atoms with Crippen molar-refractivity contribution < 1.29 is 12.8 Å². The van der Waals surface area contributed by atoms with Crippen molar-refractivity contribution in [2.45, 2.75) is 44.7 Å². The molecule has 1 aromatic rings. The summed E-state index contributed by atoms with van der Waals surface area (Å²) in [6.45, 7) is 6.95. The fourth-order valence-corrected chi connectivity index (χ4v) is 3.32. The van der Waals surface area contributed by atoms with Crippen LogP contribution in [0.25, 0.3) is 0 Å². The zero-order chi connectivity index (χ0) is 15.3. The molecule has 0 spiro atoms. The smallest absolute Gasteiger partial charge is 0.245 e. The molecule has 114 valence electrons. The Labute approximate surface area is 121 Å². The zero-order valence-electron chi connectivity index (χ0n) is 12.5. The molecule has 1 aromatic carbocycles. The van der Waals surface area contributed by atoms with E-state index in [1.54, 1.807) is 13.0 Å². The van der Waals surface area contributed by atoms with E-state index in [1.807, 2.05) is 13.8 Å².